The third-order valence-corrected chi connectivity index (χ3v) is 5.54. The normalized spacial score (nSPS) is 16.0. The third-order valence-electron chi connectivity index (χ3n) is 5.54. The monoisotopic (exact) mass is 362 g/mol. The standard InChI is InChI=1S/C12H15NO.C12H17N/c1-2-12(14)13-8-7-10-5-3-4-6-11(10)9-13;1-2-8-13-9-7-11-5-3-4-6-12(11)10-13/h3-6H,2,7-9H2,1H3;3-6H,2,7-10H2,1H3/i2*1-1. The molecule has 2 aliphatic heterocycles. The highest BCUT2D eigenvalue weighted by atomic mass is 16.2. The summed E-state index contributed by atoms with van der Waals surface area (Å²) in [5, 5.41) is 0. The summed E-state index contributed by atoms with van der Waals surface area (Å²) in [5.74, 6) is 0.263. The molecule has 2 aromatic rings. The van der Waals surface area contributed by atoms with E-state index in [9.17, 15) is 4.79 Å². The van der Waals surface area contributed by atoms with E-state index in [0.717, 1.165) is 26.1 Å². The van der Waals surface area contributed by atoms with Crippen LogP contribution in [0.2, 0.25) is 0 Å². The number of amides is 1. The molecular formula is C24H32N2O. The summed E-state index contributed by atoms with van der Waals surface area (Å²) in [7, 11) is 0. The number of benzene rings is 2. The first-order valence-corrected chi connectivity index (χ1v) is 10.3. The summed E-state index contributed by atoms with van der Waals surface area (Å²) in [6.07, 6.45) is 4.11. The fraction of sp³-hybridized carbons (Fsp3) is 0.458. The summed E-state index contributed by atoms with van der Waals surface area (Å²) in [5.41, 5.74) is 5.78. The van der Waals surface area contributed by atoms with Gasteiger partial charge in [0.05, 0.1) is 0 Å². The summed E-state index contributed by atoms with van der Waals surface area (Å²) < 4.78 is 0. The van der Waals surface area contributed by atoms with Gasteiger partial charge >= 0.3 is 0 Å². The van der Waals surface area contributed by atoms with Crippen LogP contribution < -0.4 is 0 Å². The van der Waals surface area contributed by atoms with Gasteiger partial charge in [-0.1, -0.05) is 62.4 Å². The van der Waals surface area contributed by atoms with Gasteiger partial charge in [-0.25, -0.2) is 0 Å². The van der Waals surface area contributed by atoms with Crippen molar-refractivity contribution in [3.05, 3.63) is 70.8 Å². The van der Waals surface area contributed by atoms with E-state index in [-0.39, 0.29) is 5.91 Å². The first kappa shape index (κ1) is 19.6. The van der Waals surface area contributed by atoms with Crippen LogP contribution >= 0.6 is 0 Å². The van der Waals surface area contributed by atoms with Crippen LogP contribution in [0, 0.1) is 0 Å². The lowest BCUT2D eigenvalue weighted by atomic mass is 9.99. The van der Waals surface area contributed by atoms with E-state index in [1.165, 1.54) is 42.6 Å². The largest absolute Gasteiger partial charge is 0.338 e. The van der Waals surface area contributed by atoms with Gasteiger partial charge in [-0.05, 0) is 48.1 Å². The first-order valence-electron chi connectivity index (χ1n) is 10.3. The van der Waals surface area contributed by atoms with Crippen LogP contribution in [-0.2, 0) is 30.7 Å². The van der Waals surface area contributed by atoms with E-state index in [1.807, 2.05) is 17.9 Å². The third kappa shape index (κ3) is 5.20. The fourth-order valence-electron chi connectivity index (χ4n) is 3.99. The van der Waals surface area contributed by atoms with E-state index < -0.39 is 0 Å². The van der Waals surface area contributed by atoms with Gasteiger partial charge in [0.2, 0.25) is 5.91 Å². The minimum Gasteiger partial charge on any atom is -0.338 e. The number of carbonyl (C=O) groups is 1. The Labute approximate surface area is 164 Å². The number of hydrogen-bond donors (Lipinski definition) is 0. The molecule has 0 radical (unpaired) electrons. The highest BCUT2D eigenvalue weighted by Gasteiger charge is 2.18. The molecule has 144 valence electrons. The van der Waals surface area contributed by atoms with Crippen molar-refractivity contribution in [3.63, 3.8) is 0 Å². The molecule has 0 N–H and O–H groups in total. The Morgan fingerprint density at radius 3 is 1.96 bits per heavy atom. The van der Waals surface area contributed by atoms with Crippen molar-refractivity contribution in [2.24, 2.45) is 0 Å². The highest BCUT2D eigenvalue weighted by Crippen LogP contribution is 2.19. The quantitative estimate of drug-likeness (QED) is 0.806. The predicted molar refractivity (Wildman–Crippen MR) is 112 cm³/mol. The zero-order chi connectivity index (χ0) is 19.1. The Kier molecular flexibility index (Phi) is 7.05. The molecule has 1 amide bonds. The molecule has 0 spiro atoms. The number of carbonyl (C=O) groups excluding carboxylic acids is 1. The SMILES string of the molecule is [11CH3]CC(=O)N1CCc2ccccc2C1.[11CH3]CCN1CCc2ccccc2C1. The Bertz CT molecular complexity index is 756. The Hall–Kier alpha value is -2.13. The second-order valence-electron chi connectivity index (χ2n) is 7.48. The van der Waals surface area contributed by atoms with Crippen LogP contribution in [0.5, 0.6) is 0 Å². The summed E-state index contributed by atoms with van der Waals surface area (Å²) in [6.45, 7) is 9.49. The second kappa shape index (κ2) is 9.70. The first-order chi connectivity index (χ1) is 13.2. The van der Waals surface area contributed by atoms with Crippen molar-refractivity contribution in [3.8, 4) is 0 Å². The Morgan fingerprint density at radius 1 is 0.815 bits per heavy atom. The molecule has 2 aliphatic rings. The molecule has 0 fully saturated rings. The van der Waals surface area contributed by atoms with Gasteiger partial charge in [0.15, 0.2) is 0 Å². The average molecular weight is 363 g/mol. The molecule has 27 heavy (non-hydrogen) atoms. The number of rotatable bonds is 3. The van der Waals surface area contributed by atoms with E-state index in [0.29, 0.717) is 6.42 Å². The Morgan fingerprint density at radius 2 is 1.37 bits per heavy atom. The number of hydrogen-bond acceptors (Lipinski definition) is 2. The second-order valence-corrected chi connectivity index (χ2v) is 7.48. The predicted octanol–water partition coefficient (Wildman–Crippen LogP) is 4.44. The number of nitrogens with zero attached hydrogens (tertiary/aromatic N) is 2. The molecule has 0 saturated heterocycles. The van der Waals surface area contributed by atoms with Gasteiger partial charge in [-0.3, -0.25) is 9.69 Å². The zero-order valence-electron chi connectivity index (χ0n) is 16.8. The van der Waals surface area contributed by atoms with Gasteiger partial charge in [0.25, 0.3) is 0 Å². The maximum atomic E-state index is 11.5. The molecule has 2 aromatic carbocycles. The lowest BCUT2D eigenvalue weighted by molar-refractivity contribution is -0.131. The molecule has 4 rings (SSSR count). The summed E-state index contributed by atoms with van der Waals surface area (Å²) in [4.78, 5) is 16.0. The van der Waals surface area contributed by atoms with E-state index in [1.54, 1.807) is 5.56 Å². The summed E-state index contributed by atoms with van der Waals surface area (Å²) in [6, 6.07) is 17.2. The molecule has 0 aromatic heterocycles. The average Bonchev–Trinajstić information content (AvgIpc) is 2.73. The van der Waals surface area contributed by atoms with Crippen molar-refractivity contribution in [1.29, 1.82) is 0 Å². The molecule has 0 bridgehead atoms. The smallest absolute Gasteiger partial charge is 0.222 e. The van der Waals surface area contributed by atoms with Gasteiger partial charge in [-0.15, -0.1) is 0 Å². The van der Waals surface area contributed by atoms with Gasteiger partial charge in [0, 0.05) is 32.6 Å². The van der Waals surface area contributed by atoms with Crippen molar-refractivity contribution < 1.29 is 4.79 Å². The van der Waals surface area contributed by atoms with Crippen molar-refractivity contribution >= 4 is 5.91 Å². The molecule has 0 saturated carbocycles. The molecule has 0 unspecified atom stereocenters. The van der Waals surface area contributed by atoms with Crippen molar-refractivity contribution in [2.45, 2.75) is 52.6 Å². The van der Waals surface area contributed by atoms with Crippen LogP contribution in [0.4, 0.5) is 0 Å². The lowest BCUT2D eigenvalue weighted by Crippen LogP contribution is -2.35. The van der Waals surface area contributed by atoms with Gasteiger partial charge < -0.3 is 4.90 Å². The van der Waals surface area contributed by atoms with Crippen LogP contribution in [-0.4, -0.2) is 35.3 Å². The molecule has 3 heteroatoms. The lowest BCUT2D eigenvalue weighted by Gasteiger charge is -2.28. The van der Waals surface area contributed by atoms with E-state index in [4.69, 9.17) is 0 Å². The summed E-state index contributed by atoms with van der Waals surface area (Å²) >= 11 is 0. The Balaban J connectivity index is 0.000000156. The fourth-order valence-corrected chi connectivity index (χ4v) is 3.99. The molecule has 0 atom stereocenters. The van der Waals surface area contributed by atoms with Crippen molar-refractivity contribution in [2.75, 3.05) is 19.6 Å². The van der Waals surface area contributed by atoms with Crippen LogP contribution in [0.15, 0.2) is 48.5 Å². The van der Waals surface area contributed by atoms with Crippen LogP contribution in [0.1, 0.15) is 48.9 Å². The van der Waals surface area contributed by atoms with Gasteiger partial charge in [0.1, 0.15) is 0 Å². The van der Waals surface area contributed by atoms with Crippen LogP contribution in [0.25, 0.3) is 0 Å². The van der Waals surface area contributed by atoms with E-state index >= 15 is 0 Å². The number of fused-ring (bicyclic) bond motifs is 2. The molecule has 2 heterocycles. The van der Waals surface area contributed by atoms with Gasteiger partial charge in [-0.2, -0.15) is 0 Å². The maximum absolute atomic E-state index is 11.5. The van der Waals surface area contributed by atoms with E-state index in [2.05, 4.69) is 54.3 Å². The minimum atomic E-state index is 0.263. The topological polar surface area (TPSA) is 23.6 Å². The molecule has 0 aliphatic carbocycles. The minimum absolute atomic E-state index is 0.263. The maximum Gasteiger partial charge on any atom is 0.222 e. The zero-order valence-corrected chi connectivity index (χ0v) is 16.8. The molecule has 3 nitrogen and oxygen atoms in total. The molecular weight excluding hydrogens is 330 g/mol. The van der Waals surface area contributed by atoms with Crippen molar-refractivity contribution in [1.82, 2.24) is 9.80 Å². The van der Waals surface area contributed by atoms with Crippen LogP contribution in [0.3, 0.4) is 0 Å². The highest BCUT2D eigenvalue weighted by molar-refractivity contribution is 5.76.